The number of nitrogens with one attached hydrogen (secondary N) is 1. The van der Waals surface area contributed by atoms with Gasteiger partial charge in [0.25, 0.3) is 0 Å². The van der Waals surface area contributed by atoms with Crippen LogP contribution in [0, 0.1) is 5.92 Å². The first-order valence-corrected chi connectivity index (χ1v) is 4.18. The molecule has 0 aliphatic heterocycles. The normalized spacial score (nSPS) is 15.3. The van der Waals surface area contributed by atoms with Crippen LogP contribution in [-0.2, 0) is 0 Å². The van der Waals surface area contributed by atoms with Gasteiger partial charge in [-0.3, -0.25) is 0 Å². The molecule has 0 aromatic heterocycles. The molecule has 0 aromatic carbocycles. The van der Waals surface area contributed by atoms with E-state index in [1.807, 2.05) is 0 Å². The molecule has 1 atom stereocenters. The molecule has 0 spiro atoms. The molecule has 0 fully saturated rings. The maximum atomic E-state index is 3.62. The molecule has 1 heteroatoms. The van der Waals surface area contributed by atoms with Gasteiger partial charge in [-0.2, -0.15) is 0 Å². The Balaban J connectivity index is 4.24. The van der Waals surface area contributed by atoms with E-state index in [0.29, 0.717) is 5.92 Å². The van der Waals surface area contributed by atoms with E-state index in [0.717, 1.165) is 0 Å². The van der Waals surface area contributed by atoms with Crippen LogP contribution in [0.2, 0.25) is 0 Å². The number of allylic oxidation sites excluding steroid dienone is 2. The average Bonchev–Trinajstić information content (AvgIpc) is 2.02. The van der Waals surface area contributed by atoms with Crippen molar-refractivity contribution in [3.8, 4) is 0 Å². The molecular formula is C10H19N. The highest BCUT2D eigenvalue weighted by Crippen LogP contribution is 2.15. The molecule has 0 radical (unpaired) electrons. The van der Waals surface area contributed by atoms with Crippen molar-refractivity contribution >= 4 is 0 Å². The minimum Gasteiger partial charge on any atom is -0.366 e. The first-order chi connectivity index (χ1) is 5.13. The highest BCUT2D eigenvalue weighted by atomic mass is 14.8. The zero-order valence-electron chi connectivity index (χ0n) is 8.07. The van der Waals surface area contributed by atoms with Crippen molar-refractivity contribution in [3.63, 3.8) is 0 Å². The predicted octanol–water partition coefficient (Wildman–Crippen LogP) is 3.06. The van der Waals surface area contributed by atoms with Crippen LogP contribution in [0.3, 0.4) is 0 Å². The lowest BCUT2D eigenvalue weighted by Gasteiger charge is -2.13. The fourth-order valence-corrected chi connectivity index (χ4v) is 0.943. The maximum absolute atomic E-state index is 3.62. The maximum Gasteiger partial charge on any atom is 0.0106 e. The molecule has 1 nitrogen and oxygen atoms in total. The van der Waals surface area contributed by atoms with Gasteiger partial charge in [0.2, 0.25) is 0 Å². The van der Waals surface area contributed by atoms with Crippen LogP contribution in [0.15, 0.2) is 24.0 Å². The van der Waals surface area contributed by atoms with E-state index < -0.39 is 0 Å². The van der Waals surface area contributed by atoms with Gasteiger partial charge in [-0.15, -0.1) is 0 Å². The van der Waals surface area contributed by atoms with E-state index in [9.17, 15) is 0 Å². The molecule has 0 aliphatic rings. The second-order valence-corrected chi connectivity index (χ2v) is 2.97. The summed E-state index contributed by atoms with van der Waals surface area (Å²) in [6.07, 6.45) is 2.92. The van der Waals surface area contributed by atoms with E-state index in [4.69, 9.17) is 0 Å². The summed E-state index contributed by atoms with van der Waals surface area (Å²) in [4.78, 5) is 0. The largest absolute Gasteiger partial charge is 0.366 e. The van der Waals surface area contributed by atoms with Gasteiger partial charge in [-0.1, -0.05) is 26.0 Å². The zero-order valence-corrected chi connectivity index (χ0v) is 8.07. The summed E-state index contributed by atoms with van der Waals surface area (Å²) in [6.45, 7) is 12.3. The third-order valence-electron chi connectivity index (χ3n) is 2.26. The van der Waals surface area contributed by atoms with Crippen molar-refractivity contribution in [2.75, 3.05) is 0 Å². The monoisotopic (exact) mass is 153 g/mol. The van der Waals surface area contributed by atoms with Gasteiger partial charge in [-0.25, -0.2) is 0 Å². The Bertz CT molecular complexity index is 156. The zero-order chi connectivity index (χ0) is 8.85. The molecule has 0 amide bonds. The SMILES string of the molecule is C=CN/C(C)=C(/C)C(C)CC. The molecule has 0 bridgehead atoms. The minimum absolute atomic E-state index is 0.669. The van der Waals surface area contributed by atoms with E-state index in [1.54, 1.807) is 6.20 Å². The highest BCUT2D eigenvalue weighted by Gasteiger charge is 2.03. The fraction of sp³-hybridized carbons (Fsp3) is 0.600. The Morgan fingerprint density at radius 1 is 1.55 bits per heavy atom. The Morgan fingerprint density at radius 3 is 2.45 bits per heavy atom. The highest BCUT2D eigenvalue weighted by molar-refractivity contribution is 5.11. The number of hydrogen-bond acceptors (Lipinski definition) is 1. The third kappa shape index (κ3) is 3.26. The smallest absolute Gasteiger partial charge is 0.0106 e. The summed E-state index contributed by atoms with van der Waals surface area (Å²) in [7, 11) is 0. The van der Waals surface area contributed by atoms with E-state index in [-0.39, 0.29) is 0 Å². The lowest BCUT2D eigenvalue weighted by atomic mass is 9.98. The minimum atomic E-state index is 0.669. The lowest BCUT2D eigenvalue weighted by Crippen LogP contribution is -2.07. The third-order valence-corrected chi connectivity index (χ3v) is 2.26. The Kier molecular flexibility index (Phi) is 4.67. The van der Waals surface area contributed by atoms with Gasteiger partial charge in [0.05, 0.1) is 0 Å². The topological polar surface area (TPSA) is 12.0 Å². The van der Waals surface area contributed by atoms with Gasteiger partial charge >= 0.3 is 0 Å². The first-order valence-electron chi connectivity index (χ1n) is 4.18. The Morgan fingerprint density at radius 2 is 2.09 bits per heavy atom. The van der Waals surface area contributed by atoms with Crippen molar-refractivity contribution in [2.24, 2.45) is 5.92 Å². The van der Waals surface area contributed by atoms with Crippen molar-refractivity contribution in [3.05, 3.63) is 24.0 Å². The molecule has 1 unspecified atom stereocenters. The number of hydrogen-bond donors (Lipinski definition) is 1. The fourth-order valence-electron chi connectivity index (χ4n) is 0.943. The molecule has 1 N–H and O–H groups in total. The summed E-state index contributed by atoms with van der Waals surface area (Å²) < 4.78 is 0. The van der Waals surface area contributed by atoms with Crippen molar-refractivity contribution < 1.29 is 0 Å². The molecule has 0 saturated heterocycles. The average molecular weight is 153 g/mol. The molecule has 0 saturated carbocycles. The summed E-state index contributed by atoms with van der Waals surface area (Å²) in [5.74, 6) is 0.669. The Labute approximate surface area is 70.2 Å². The summed E-state index contributed by atoms with van der Waals surface area (Å²) in [5, 5.41) is 3.10. The van der Waals surface area contributed by atoms with Crippen molar-refractivity contribution in [1.82, 2.24) is 5.32 Å². The predicted molar refractivity (Wildman–Crippen MR) is 51.2 cm³/mol. The van der Waals surface area contributed by atoms with Gasteiger partial charge in [0.15, 0.2) is 0 Å². The van der Waals surface area contributed by atoms with Crippen LogP contribution in [0.4, 0.5) is 0 Å². The Hall–Kier alpha value is -0.720. The van der Waals surface area contributed by atoms with Gasteiger partial charge in [-0.05, 0) is 32.4 Å². The molecule has 0 aliphatic carbocycles. The second kappa shape index (κ2) is 5.00. The molecular weight excluding hydrogens is 134 g/mol. The summed E-state index contributed by atoms with van der Waals surface area (Å²) in [6, 6.07) is 0. The van der Waals surface area contributed by atoms with Crippen LogP contribution < -0.4 is 5.32 Å². The van der Waals surface area contributed by atoms with Crippen molar-refractivity contribution in [2.45, 2.75) is 34.1 Å². The molecule has 0 aromatic rings. The molecule has 64 valence electrons. The van der Waals surface area contributed by atoms with Crippen LogP contribution >= 0.6 is 0 Å². The number of rotatable bonds is 4. The van der Waals surface area contributed by atoms with Crippen LogP contribution in [0.5, 0.6) is 0 Å². The lowest BCUT2D eigenvalue weighted by molar-refractivity contribution is 0.642. The molecule has 0 heterocycles. The standard InChI is InChI=1S/C10H19N/c1-6-8(3)9(4)10(5)11-7-2/h7-8,11H,2,6H2,1,3-5H3/b10-9-. The van der Waals surface area contributed by atoms with E-state index in [2.05, 4.69) is 39.6 Å². The van der Waals surface area contributed by atoms with Gasteiger partial charge < -0.3 is 5.32 Å². The second-order valence-electron chi connectivity index (χ2n) is 2.97. The van der Waals surface area contributed by atoms with Crippen molar-refractivity contribution in [1.29, 1.82) is 0 Å². The van der Waals surface area contributed by atoms with Crippen LogP contribution in [0.25, 0.3) is 0 Å². The van der Waals surface area contributed by atoms with Gasteiger partial charge in [0.1, 0.15) is 0 Å². The molecule has 0 rings (SSSR count). The van der Waals surface area contributed by atoms with E-state index in [1.165, 1.54) is 17.7 Å². The van der Waals surface area contributed by atoms with Crippen LogP contribution in [-0.4, -0.2) is 0 Å². The van der Waals surface area contributed by atoms with E-state index >= 15 is 0 Å². The van der Waals surface area contributed by atoms with Crippen LogP contribution in [0.1, 0.15) is 34.1 Å². The quantitative estimate of drug-likeness (QED) is 0.654. The summed E-state index contributed by atoms with van der Waals surface area (Å²) >= 11 is 0. The van der Waals surface area contributed by atoms with Gasteiger partial charge in [0, 0.05) is 5.70 Å². The first kappa shape index (κ1) is 10.3. The molecule has 11 heavy (non-hydrogen) atoms. The summed E-state index contributed by atoms with van der Waals surface area (Å²) in [5.41, 5.74) is 2.65.